The Kier molecular flexibility index (Phi) is 4.90. The summed E-state index contributed by atoms with van der Waals surface area (Å²) in [6, 6.07) is 9.92. The largest absolute Gasteiger partial charge is 0.283 e. The topological polar surface area (TPSA) is 89.3 Å². The highest BCUT2D eigenvalue weighted by molar-refractivity contribution is 7.91. The molecule has 0 amide bonds. The van der Waals surface area contributed by atoms with Gasteiger partial charge in [-0.1, -0.05) is 41.4 Å². The highest BCUT2D eigenvalue weighted by Crippen LogP contribution is 2.26. The first-order chi connectivity index (χ1) is 10.3. The van der Waals surface area contributed by atoms with E-state index < -0.39 is 20.7 Å². The number of nitro benzene ring substituents is 1. The lowest BCUT2D eigenvalue weighted by molar-refractivity contribution is -0.385. The summed E-state index contributed by atoms with van der Waals surface area (Å²) >= 11 is 11.6. The van der Waals surface area contributed by atoms with Gasteiger partial charge in [0, 0.05) is 11.6 Å². The van der Waals surface area contributed by atoms with E-state index in [4.69, 9.17) is 23.2 Å². The molecular weight excluding hydrogens is 351 g/mol. The zero-order valence-corrected chi connectivity index (χ0v) is 13.3. The Hall–Kier alpha value is -1.83. The van der Waals surface area contributed by atoms with Crippen molar-refractivity contribution in [3.8, 4) is 0 Å². The molecule has 0 aliphatic rings. The van der Waals surface area contributed by atoms with Crippen LogP contribution in [0.5, 0.6) is 0 Å². The lowest BCUT2D eigenvalue weighted by Crippen LogP contribution is -2.15. The maximum absolute atomic E-state index is 12.1. The van der Waals surface area contributed by atoms with Crippen molar-refractivity contribution in [3.05, 3.63) is 68.2 Å². The maximum atomic E-state index is 12.1. The highest BCUT2D eigenvalue weighted by Gasteiger charge is 2.20. The minimum atomic E-state index is -3.83. The minimum absolute atomic E-state index is 0.0973. The normalized spacial score (nSPS) is 11.2. The molecule has 0 aromatic heterocycles. The van der Waals surface area contributed by atoms with E-state index in [9.17, 15) is 18.5 Å². The quantitative estimate of drug-likeness (QED) is 0.647. The van der Waals surface area contributed by atoms with E-state index in [1.807, 2.05) is 0 Å². The van der Waals surface area contributed by atoms with Gasteiger partial charge in [0.15, 0.2) is 0 Å². The van der Waals surface area contributed by atoms with Crippen molar-refractivity contribution in [2.75, 3.05) is 4.72 Å². The van der Waals surface area contributed by atoms with E-state index in [1.54, 1.807) is 0 Å². The van der Waals surface area contributed by atoms with Gasteiger partial charge < -0.3 is 0 Å². The number of sulfonamides is 1. The third-order valence-corrected chi connectivity index (χ3v) is 4.70. The second kappa shape index (κ2) is 6.51. The Balaban J connectivity index is 2.25. The zero-order valence-electron chi connectivity index (χ0n) is 11.0. The molecule has 0 aliphatic carbocycles. The van der Waals surface area contributed by atoms with E-state index in [1.165, 1.54) is 42.5 Å². The maximum Gasteiger partial charge on any atom is 0.273 e. The first-order valence-electron chi connectivity index (χ1n) is 5.96. The van der Waals surface area contributed by atoms with Crippen molar-refractivity contribution in [3.63, 3.8) is 0 Å². The number of halogens is 2. The van der Waals surface area contributed by atoms with E-state index in [0.717, 1.165) is 0 Å². The first-order valence-corrected chi connectivity index (χ1v) is 8.37. The van der Waals surface area contributed by atoms with Gasteiger partial charge >= 0.3 is 0 Å². The smallest absolute Gasteiger partial charge is 0.273 e. The van der Waals surface area contributed by atoms with Crippen molar-refractivity contribution in [1.82, 2.24) is 0 Å². The number of nitrogens with zero attached hydrogens (tertiary/aromatic N) is 1. The molecule has 0 bridgehead atoms. The molecule has 2 aromatic carbocycles. The molecule has 0 spiro atoms. The molecule has 2 aromatic rings. The summed E-state index contributed by atoms with van der Waals surface area (Å²) in [7, 11) is -3.83. The SMILES string of the molecule is O=[N+]([O-])c1ccccc1CS(=O)(=O)Nc1ccc(Cl)c(Cl)c1. The first kappa shape index (κ1) is 16.5. The summed E-state index contributed by atoms with van der Waals surface area (Å²) < 4.78 is 26.6. The zero-order chi connectivity index (χ0) is 16.3. The van der Waals surface area contributed by atoms with Crippen molar-refractivity contribution >= 4 is 44.6 Å². The standard InChI is InChI=1S/C13H10Cl2N2O4S/c14-11-6-5-10(7-12(11)15)16-22(20,21)8-9-3-1-2-4-13(9)17(18)19/h1-7,16H,8H2. The van der Waals surface area contributed by atoms with Gasteiger partial charge in [-0.25, -0.2) is 8.42 Å². The van der Waals surface area contributed by atoms with Crippen LogP contribution in [0.15, 0.2) is 42.5 Å². The molecule has 0 aliphatic heterocycles. The molecule has 9 heteroatoms. The van der Waals surface area contributed by atoms with Gasteiger partial charge in [0.1, 0.15) is 5.75 Å². The van der Waals surface area contributed by atoms with Crippen LogP contribution in [0, 0.1) is 10.1 Å². The summed E-state index contributed by atoms with van der Waals surface area (Å²) in [4.78, 5) is 10.3. The Labute approximate surface area is 136 Å². The lowest BCUT2D eigenvalue weighted by Gasteiger charge is -2.09. The molecule has 1 N–H and O–H groups in total. The van der Waals surface area contributed by atoms with Gasteiger partial charge in [-0.15, -0.1) is 0 Å². The summed E-state index contributed by atoms with van der Waals surface area (Å²) in [5, 5.41) is 11.4. The summed E-state index contributed by atoms with van der Waals surface area (Å²) in [5.74, 6) is -0.523. The molecule has 116 valence electrons. The van der Waals surface area contributed by atoms with Crippen LogP contribution < -0.4 is 4.72 Å². The molecule has 0 heterocycles. The highest BCUT2D eigenvalue weighted by atomic mass is 35.5. The van der Waals surface area contributed by atoms with Crippen LogP contribution in [0.25, 0.3) is 0 Å². The Morgan fingerprint density at radius 3 is 2.41 bits per heavy atom. The lowest BCUT2D eigenvalue weighted by atomic mass is 10.2. The minimum Gasteiger partial charge on any atom is -0.283 e. The number of nitro groups is 1. The average Bonchev–Trinajstić information content (AvgIpc) is 2.42. The van der Waals surface area contributed by atoms with Crippen LogP contribution in [-0.2, 0) is 15.8 Å². The Morgan fingerprint density at radius 1 is 1.09 bits per heavy atom. The van der Waals surface area contributed by atoms with E-state index in [0.29, 0.717) is 5.02 Å². The number of hydrogen-bond acceptors (Lipinski definition) is 4. The Morgan fingerprint density at radius 2 is 1.77 bits per heavy atom. The number of rotatable bonds is 5. The van der Waals surface area contributed by atoms with Gasteiger partial charge in [-0.3, -0.25) is 14.8 Å². The van der Waals surface area contributed by atoms with Crippen molar-refractivity contribution in [2.24, 2.45) is 0 Å². The third kappa shape index (κ3) is 4.09. The summed E-state index contributed by atoms with van der Waals surface area (Å²) in [5.41, 5.74) is 0.0788. The van der Waals surface area contributed by atoms with Gasteiger partial charge in [-0.2, -0.15) is 0 Å². The van der Waals surface area contributed by atoms with Crippen LogP contribution >= 0.6 is 23.2 Å². The van der Waals surface area contributed by atoms with Crippen LogP contribution in [-0.4, -0.2) is 13.3 Å². The van der Waals surface area contributed by atoms with Crippen molar-refractivity contribution in [1.29, 1.82) is 0 Å². The number of hydrogen-bond donors (Lipinski definition) is 1. The second-order valence-corrected chi connectivity index (χ2v) is 6.91. The number of benzene rings is 2. The number of anilines is 1. The fourth-order valence-electron chi connectivity index (χ4n) is 1.79. The molecule has 22 heavy (non-hydrogen) atoms. The van der Waals surface area contributed by atoms with Gasteiger partial charge in [-0.05, 0) is 18.2 Å². The van der Waals surface area contributed by atoms with E-state index in [-0.39, 0.29) is 22.0 Å². The molecule has 0 radical (unpaired) electrons. The number of nitrogens with one attached hydrogen (secondary N) is 1. The van der Waals surface area contributed by atoms with Crippen molar-refractivity contribution in [2.45, 2.75) is 5.75 Å². The second-order valence-electron chi connectivity index (χ2n) is 4.38. The third-order valence-electron chi connectivity index (χ3n) is 2.73. The van der Waals surface area contributed by atoms with Crippen LogP contribution in [0.2, 0.25) is 10.0 Å². The molecule has 0 saturated carbocycles. The Bertz CT molecular complexity index is 825. The molecule has 6 nitrogen and oxygen atoms in total. The average molecular weight is 361 g/mol. The molecule has 0 fully saturated rings. The van der Waals surface area contributed by atoms with Crippen LogP contribution in [0.3, 0.4) is 0 Å². The van der Waals surface area contributed by atoms with Crippen molar-refractivity contribution < 1.29 is 13.3 Å². The molecule has 0 unspecified atom stereocenters. The van der Waals surface area contributed by atoms with E-state index >= 15 is 0 Å². The monoisotopic (exact) mass is 360 g/mol. The van der Waals surface area contributed by atoms with Gasteiger partial charge in [0.2, 0.25) is 10.0 Å². The molecule has 2 rings (SSSR count). The molecule has 0 atom stereocenters. The predicted octanol–water partition coefficient (Wildman–Crippen LogP) is 3.84. The summed E-state index contributed by atoms with van der Waals surface area (Å²) in [6.45, 7) is 0. The van der Waals surface area contributed by atoms with Crippen LogP contribution in [0.4, 0.5) is 11.4 Å². The molecule has 0 saturated heterocycles. The van der Waals surface area contributed by atoms with E-state index in [2.05, 4.69) is 4.72 Å². The van der Waals surface area contributed by atoms with Gasteiger partial charge in [0.25, 0.3) is 5.69 Å². The molecular formula is C13H10Cl2N2O4S. The fraction of sp³-hybridized carbons (Fsp3) is 0.0769. The number of para-hydroxylation sites is 1. The predicted molar refractivity (Wildman–Crippen MR) is 85.8 cm³/mol. The summed E-state index contributed by atoms with van der Waals surface area (Å²) in [6.07, 6.45) is 0. The fourth-order valence-corrected chi connectivity index (χ4v) is 3.30. The van der Waals surface area contributed by atoms with Gasteiger partial charge in [0.05, 0.1) is 20.7 Å². The van der Waals surface area contributed by atoms with Crippen LogP contribution in [0.1, 0.15) is 5.56 Å².